The Morgan fingerprint density at radius 3 is 2.45 bits per heavy atom. The molecule has 0 atom stereocenters. The summed E-state index contributed by atoms with van der Waals surface area (Å²) in [4.78, 5) is 14.5. The van der Waals surface area contributed by atoms with Gasteiger partial charge in [-0.05, 0) is 37.5 Å². The maximum absolute atomic E-state index is 12.6. The van der Waals surface area contributed by atoms with Crippen molar-refractivity contribution in [2.75, 3.05) is 19.7 Å². The van der Waals surface area contributed by atoms with E-state index in [0.717, 1.165) is 37.1 Å². The lowest BCUT2D eigenvalue weighted by atomic mass is 10.0. The molecule has 1 aromatic carbocycles. The number of carbonyl (C=O) groups is 1. The van der Waals surface area contributed by atoms with Gasteiger partial charge in [0.1, 0.15) is 6.61 Å². The van der Waals surface area contributed by atoms with Crippen molar-refractivity contribution in [3.05, 3.63) is 34.9 Å². The maximum Gasteiger partial charge on any atom is 0.254 e. The highest BCUT2D eigenvalue weighted by Gasteiger charge is 2.17. The Labute approximate surface area is 121 Å². The van der Waals surface area contributed by atoms with Crippen molar-refractivity contribution in [2.45, 2.75) is 33.6 Å². The number of hydrogen-bond donors (Lipinski definition) is 1. The first kappa shape index (κ1) is 16.3. The highest BCUT2D eigenvalue weighted by Crippen LogP contribution is 2.16. The highest BCUT2D eigenvalue weighted by molar-refractivity contribution is 5.96. The molecule has 0 bridgehead atoms. The van der Waals surface area contributed by atoms with Crippen LogP contribution in [0.5, 0.6) is 0 Å². The summed E-state index contributed by atoms with van der Waals surface area (Å²) in [5, 5.41) is 8.78. The topological polar surface area (TPSA) is 40.5 Å². The monoisotopic (exact) mass is 273 g/mol. The van der Waals surface area contributed by atoms with E-state index in [9.17, 15) is 4.79 Å². The second-order valence-corrected chi connectivity index (χ2v) is 4.73. The van der Waals surface area contributed by atoms with Crippen molar-refractivity contribution < 1.29 is 9.90 Å². The predicted octanol–water partition coefficient (Wildman–Crippen LogP) is 2.60. The van der Waals surface area contributed by atoms with Gasteiger partial charge in [0.2, 0.25) is 0 Å². The first-order valence-corrected chi connectivity index (χ1v) is 7.14. The summed E-state index contributed by atoms with van der Waals surface area (Å²) in [5.74, 6) is 5.59. The summed E-state index contributed by atoms with van der Waals surface area (Å²) in [6.07, 6.45) is 1.91. The average molecular weight is 273 g/mol. The van der Waals surface area contributed by atoms with Crippen LogP contribution in [-0.2, 0) is 0 Å². The fraction of sp³-hybridized carbons (Fsp3) is 0.471. The number of aliphatic hydroxyl groups excluding tert-OH is 1. The Morgan fingerprint density at radius 1 is 1.25 bits per heavy atom. The van der Waals surface area contributed by atoms with Crippen LogP contribution >= 0.6 is 0 Å². The Balaban J connectivity index is 3.08. The molecule has 1 N–H and O–H groups in total. The third-order valence-corrected chi connectivity index (χ3v) is 3.14. The van der Waals surface area contributed by atoms with Crippen molar-refractivity contribution in [2.24, 2.45) is 0 Å². The van der Waals surface area contributed by atoms with Gasteiger partial charge in [-0.1, -0.05) is 31.8 Å². The molecule has 1 amide bonds. The normalized spacial score (nSPS) is 9.80. The van der Waals surface area contributed by atoms with Crippen LogP contribution in [0.2, 0.25) is 0 Å². The molecule has 0 saturated carbocycles. The summed E-state index contributed by atoms with van der Waals surface area (Å²) >= 11 is 0. The lowest BCUT2D eigenvalue weighted by Crippen LogP contribution is -2.33. The van der Waals surface area contributed by atoms with E-state index in [-0.39, 0.29) is 12.5 Å². The summed E-state index contributed by atoms with van der Waals surface area (Å²) in [6, 6.07) is 5.57. The number of nitrogens with zero attached hydrogens (tertiary/aromatic N) is 1. The third-order valence-electron chi connectivity index (χ3n) is 3.14. The fourth-order valence-corrected chi connectivity index (χ4v) is 2.16. The number of carbonyl (C=O) groups excluding carboxylic acids is 1. The van der Waals surface area contributed by atoms with Crippen molar-refractivity contribution in [1.29, 1.82) is 0 Å². The van der Waals surface area contributed by atoms with Crippen LogP contribution in [0.3, 0.4) is 0 Å². The number of aliphatic hydroxyl groups is 1. The number of benzene rings is 1. The Kier molecular flexibility index (Phi) is 6.83. The van der Waals surface area contributed by atoms with Crippen molar-refractivity contribution >= 4 is 5.91 Å². The minimum Gasteiger partial charge on any atom is -0.384 e. The van der Waals surface area contributed by atoms with Gasteiger partial charge in [0.25, 0.3) is 5.91 Å². The molecule has 0 radical (unpaired) electrons. The zero-order chi connectivity index (χ0) is 15.0. The van der Waals surface area contributed by atoms with E-state index < -0.39 is 0 Å². The van der Waals surface area contributed by atoms with Crippen LogP contribution in [-0.4, -0.2) is 35.6 Å². The molecule has 0 fully saturated rings. The highest BCUT2D eigenvalue weighted by atomic mass is 16.2. The summed E-state index contributed by atoms with van der Waals surface area (Å²) in [5.41, 5.74) is 2.39. The van der Waals surface area contributed by atoms with Gasteiger partial charge in [-0.3, -0.25) is 4.79 Å². The van der Waals surface area contributed by atoms with Crippen molar-refractivity contribution in [3.63, 3.8) is 0 Å². The van der Waals surface area contributed by atoms with Gasteiger partial charge in [-0.15, -0.1) is 0 Å². The lowest BCUT2D eigenvalue weighted by Gasteiger charge is -2.22. The van der Waals surface area contributed by atoms with E-state index in [4.69, 9.17) is 5.11 Å². The Hall–Kier alpha value is -1.79. The van der Waals surface area contributed by atoms with Gasteiger partial charge in [0.15, 0.2) is 0 Å². The van der Waals surface area contributed by atoms with Crippen molar-refractivity contribution in [1.82, 2.24) is 4.90 Å². The molecule has 1 aromatic rings. The van der Waals surface area contributed by atoms with Gasteiger partial charge in [0.05, 0.1) is 0 Å². The molecule has 0 aliphatic heterocycles. The molecule has 0 saturated heterocycles. The van der Waals surface area contributed by atoms with Crippen LogP contribution in [0, 0.1) is 18.8 Å². The van der Waals surface area contributed by atoms with E-state index in [1.807, 2.05) is 30.0 Å². The molecule has 0 aliphatic carbocycles. The second-order valence-electron chi connectivity index (χ2n) is 4.73. The standard InChI is InChI=1S/C17H23NO2/c1-4-11-18(12-5-2)17(20)16-10-6-8-15(14(16)3)9-7-13-19/h6,8,10,19H,4-5,11-13H2,1-3H3. The number of hydrogen-bond acceptors (Lipinski definition) is 2. The van der Waals surface area contributed by atoms with E-state index in [0.29, 0.717) is 5.56 Å². The van der Waals surface area contributed by atoms with Crippen molar-refractivity contribution in [3.8, 4) is 11.8 Å². The van der Waals surface area contributed by atoms with Crippen LogP contribution in [0.15, 0.2) is 18.2 Å². The first-order chi connectivity index (χ1) is 9.65. The molecule has 0 spiro atoms. The molecular formula is C17H23NO2. The van der Waals surface area contributed by atoms with E-state index >= 15 is 0 Å². The van der Waals surface area contributed by atoms with Crippen LogP contribution in [0.25, 0.3) is 0 Å². The molecule has 0 aliphatic rings. The molecule has 108 valence electrons. The van der Waals surface area contributed by atoms with Gasteiger partial charge >= 0.3 is 0 Å². The predicted molar refractivity (Wildman–Crippen MR) is 81.6 cm³/mol. The molecule has 3 heteroatoms. The van der Waals surface area contributed by atoms with E-state index in [1.165, 1.54) is 0 Å². The van der Waals surface area contributed by atoms with Crippen LogP contribution < -0.4 is 0 Å². The van der Waals surface area contributed by atoms with Gasteiger partial charge in [0, 0.05) is 24.2 Å². The summed E-state index contributed by atoms with van der Waals surface area (Å²) in [7, 11) is 0. The number of rotatable bonds is 5. The summed E-state index contributed by atoms with van der Waals surface area (Å²) < 4.78 is 0. The molecule has 1 rings (SSSR count). The minimum atomic E-state index is -0.171. The quantitative estimate of drug-likeness (QED) is 0.838. The second kappa shape index (κ2) is 8.39. The third kappa shape index (κ3) is 4.11. The molecule has 20 heavy (non-hydrogen) atoms. The largest absolute Gasteiger partial charge is 0.384 e. The Bertz CT molecular complexity index is 505. The molecular weight excluding hydrogens is 250 g/mol. The molecule has 0 heterocycles. The zero-order valence-corrected chi connectivity index (χ0v) is 12.6. The first-order valence-electron chi connectivity index (χ1n) is 7.14. The summed E-state index contributed by atoms with van der Waals surface area (Å²) in [6.45, 7) is 7.44. The van der Waals surface area contributed by atoms with Crippen LogP contribution in [0.1, 0.15) is 48.2 Å². The van der Waals surface area contributed by atoms with E-state index in [2.05, 4.69) is 25.7 Å². The van der Waals surface area contributed by atoms with E-state index in [1.54, 1.807) is 0 Å². The lowest BCUT2D eigenvalue weighted by molar-refractivity contribution is 0.0755. The van der Waals surface area contributed by atoms with Gasteiger partial charge in [-0.25, -0.2) is 0 Å². The molecule has 0 unspecified atom stereocenters. The Morgan fingerprint density at radius 2 is 1.90 bits per heavy atom. The zero-order valence-electron chi connectivity index (χ0n) is 12.6. The molecule has 3 nitrogen and oxygen atoms in total. The van der Waals surface area contributed by atoms with Gasteiger partial charge < -0.3 is 10.0 Å². The van der Waals surface area contributed by atoms with Gasteiger partial charge in [-0.2, -0.15) is 0 Å². The molecule has 0 aromatic heterocycles. The fourth-order valence-electron chi connectivity index (χ4n) is 2.16. The average Bonchev–Trinajstić information content (AvgIpc) is 2.45. The SMILES string of the molecule is CCCN(CCC)C(=O)c1cccc(C#CCO)c1C. The minimum absolute atomic E-state index is 0.0684. The smallest absolute Gasteiger partial charge is 0.254 e. The van der Waals surface area contributed by atoms with Crippen LogP contribution in [0.4, 0.5) is 0 Å². The number of amides is 1. The maximum atomic E-state index is 12.6.